The molecule has 0 heterocycles. The minimum absolute atomic E-state index is 0.250. The van der Waals surface area contributed by atoms with Crippen molar-refractivity contribution in [3.8, 4) is 0 Å². The van der Waals surface area contributed by atoms with Gasteiger partial charge in [0.1, 0.15) is 23.7 Å². The van der Waals surface area contributed by atoms with E-state index in [0.717, 1.165) is 17.1 Å². The Morgan fingerprint density at radius 3 is 1.93 bits per heavy atom. The zero-order valence-electron chi connectivity index (χ0n) is 9.87. The first-order valence-electron chi connectivity index (χ1n) is 4.75. The average Bonchev–Trinajstić information content (AvgIpc) is 2.27. The molecule has 0 N–H and O–H groups in total. The molecule has 1 aliphatic rings. The normalized spacial score (nSPS) is 26.3. The van der Waals surface area contributed by atoms with Gasteiger partial charge in [-0.2, -0.15) is 0 Å². The SMILES string of the molecule is COC1=CC(C)=C(OC)C(OC)C1OC. The van der Waals surface area contributed by atoms with Gasteiger partial charge in [0, 0.05) is 14.2 Å². The number of allylic oxidation sites excluding steroid dienone is 2. The van der Waals surface area contributed by atoms with E-state index in [1.165, 1.54) is 0 Å². The van der Waals surface area contributed by atoms with Crippen LogP contribution in [0.2, 0.25) is 0 Å². The number of hydrogen-bond donors (Lipinski definition) is 0. The van der Waals surface area contributed by atoms with Gasteiger partial charge in [-0.1, -0.05) is 0 Å². The highest BCUT2D eigenvalue weighted by Gasteiger charge is 2.34. The van der Waals surface area contributed by atoms with E-state index in [0.29, 0.717) is 0 Å². The summed E-state index contributed by atoms with van der Waals surface area (Å²) in [7, 11) is 6.50. The molecule has 0 amide bonds. The van der Waals surface area contributed by atoms with Crippen molar-refractivity contribution in [3.05, 3.63) is 23.2 Å². The minimum atomic E-state index is -0.251. The Balaban J connectivity index is 3.08. The molecule has 1 rings (SSSR count). The average molecular weight is 214 g/mol. The third-order valence-electron chi connectivity index (χ3n) is 2.52. The third-order valence-corrected chi connectivity index (χ3v) is 2.52. The predicted octanol–water partition coefficient (Wildman–Crippen LogP) is 1.48. The topological polar surface area (TPSA) is 36.9 Å². The maximum Gasteiger partial charge on any atom is 0.148 e. The van der Waals surface area contributed by atoms with Gasteiger partial charge in [0.05, 0.1) is 14.2 Å². The summed E-state index contributed by atoms with van der Waals surface area (Å²) in [6.07, 6.45) is 1.40. The summed E-state index contributed by atoms with van der Waals surface area (Å²) in [6, 6.07) is 0. The molecule has 0 aromatic heterocycles. The number of hydrogen-bond acceptors (Lipinski definition) is 4. The molecular formula is C11H18O4. The lowest BCUT2D eigenvalue weighted by atomic mass is 9.99. The van der Waals surface area contributed by atoms with Gasteiger partial charge in [0.15, 0.2) is 0 Å². The molecule has 0 saturated heterocycles. The maximum atomic E-state index is 5.37. The monoisotopic (exact) mass is 214 g/mol. The lowest BCUT2D eigenvalue weighted by Gasteiger charge is -2.31. The summed E-state index contributed by atoms with van der Waals surface area (Å²) >= 11 is 0. The second-order valence-corrected chi connectivity index (χ2v) is 3.31. The Morgan fingerprint density at radius 1 is 0.933 bits per heavy atom. The van der Waals surface area contributed by atoms with Crippen LogP contribution in [0.25, 0.3) is 0 Å². The van der Waals surface area contributed by atoms with Crippen LogP contribution in [0.3, 0.4) is 0 Å². The number of rotatable bonds is 4. The predicted molar refractivity (Wildman–Crippen MR) is 56.4 cm³/mol. The van der Waals surface area contributed by atoms with E-state index >= 15 is 0 Å². The molecule has 0 aliphatic heterocycles. The number of ether oxygens (including phenoxy) is 4. The standard InChI is InChI=1S/C11H18O4/c1-7-6-8(12-2)10(14-4)11(15-5)9(7)13-3/h6,10-11H,1-5H3. The Morgan fingerprint density at radius 2 is 1.53 bits per heavy atom. The van der Waals surface area contributed by atoms with E-state index in [9.17, 15) is 0 Å². The van der Waals surface area contributed by atoms with Crippen LogP contribution in [0.4, 0.5) is 0 Å². The lowest BCUT2D eigenvalue weighted by Crippen LogP contribution is -2.37. The zero-order valence-corrected chi connectivity index (χ0v) is 9.87. The molecule has 4 nitrogen and oxygen atoms in total. The highest BCUT2D eigenvalue weighted by molar-refractivity contribution is 5.33. The van der Waals surface area contributed by atoms with Gasteiger partial charge in [-0.25, -0.2) is 0 Å². The summed E-state index contributed by atoms with van der Waals surface area (Å²) in [5.74, 6) is 1.54. The summed E-state index contributed by atoms with van der Waals surface area (Å²) in [4.78, 5) is 0. The van der Waals surface area contributed by atoms with Crippen molar-refractivity contribution in [3.63, 3.8) is 0 Å². The molecule has 0 radical (unpaired) electrons. The van der Waals surface area contributed by atoms with Crippen molar-refractivity contribution in [1.29, 1.82) is 0 Å². The molecule has 2 atom stereocenters. The first kappa shape index (κ1) is 12.1. The molecule has 0 spiro atoms. The van der Waals surface area contributed by atoms with Crippen LogP contribution in [-0.2, 0) is 18.9 Å². The van der Waals surface area contributed by atoms with Gasteiger partial charge < -0.3 is 18.9 Å². The van der Waals surface area contributed by atoms with E-state index in [2.05, 4.69) is 0 Å². The lowest BCUT2D eigenvalue weighted by molar-refractivity contribution is -0.0457. The molecule has 4 heteroatoms. The van der Waals surface area contributed by atoms with Crippen LogP contribution in [0.5, 0.6) is 0 Å². The molecule has 0 saturated carbocycles. The molecule has 86 valence electrons. The van der Waals surface area contributed by atoms with Crippen molar-refractivity contribution in [2.75, 3.05) is 28.4 Å². The summed E-state index contributed by atoms with van der Waals surface area (Å²) < 4.78 is 21.3. The molecule has 0 aromatic rings. The highest BCUT2D eigenvalue weighted by atomic mass is 16.6. The molecule has 0 bridgehead atoms. The van der Waals surface area contributed by atoms with Gasteiger partial charge >= 0.3 is 0 Å². The van der Waals surface area contributed by atoms with Crippen LogP contribution in [0.1, 0.15) is 6.92 Å². The zero-order chi connectivity index (χ0) is 11.4. The molecule has 1 aliphatic carbocycles. The van der Waals surface area contributed by atoms with Gasteiger partial charge in [-0.05, 0) is 18.6 Å². The largest absolute Gasteiger partial charge is 0.498 e. The maximum absolute atomic E-state index is 5.37. The fraction of sp³-hybridized carbons (Fsp3) is 0.636. The first-order valence-corrected chi connectivity index (χ1v) is 4.75. The Bertz CT molecular complexity index is 280. The molecule has 2 unspecified atom stereocenters. The minimum Gasteiger partial charge on any atom is -0.498 e. The van der Waals surface area contributed by atoms with E-state index in [1.807, 2.05) is 13.0 Å². The summed E-state index contributed by atoms with van der Waals surface area (Å²) in [5, 5.41) is 0. The van der Waals surface area contributed by atoms with Crippen LogP contribution >= 0.6 is 0 Å². The van der Waals surface area contributed by atoms with Crippen molar-refractivity contribution in [1.82, 2.24) is 0 Å². The second kappa shape index (κ2) is 5.19. The Kier molecular flexibility index (Phi) is 4.17. The van der Waals surface area contributed by atoms with Crippen LogP contribution < -0.4 is 0 Å². The van der Waals surface area contributed by atoms with Gasteiger partial charge in [0.25, 0.3) is 0 Å². The van der Waals surface area contributed by atoms with Crippen molar-refractivity contribution in [2.24, 2.45) is 0 Å². The van der Waals surface area contributed by atoms with E-state index in [1.54, 1.807) is 28.4 Å². The molecule has 0 fully saturated rings. The first-order chi connectivity index (χ1) is 7.19. The van der Waals surface area contributed by atoms with Crippen LogP contribution in [-0.4, -0.2) is 40.6 Å². The van der Waals surface area contributed by atoms with E-state index in [-0.39, 0.29) is 12.2 Å². The fourth-order valence-corrected chi connectivity index (χ4v) is 1.80. The fourth-order valence-electron chi connectivity index (χ4n) is 1.80. The van der Waals surface area contributed by atoms with Crippen molar-refractivity contribution >= 4 is 0 Å². The van der Waals surface area contributed by atoms with Gasteiger partial charge in [-0.15, -0.1) is 0 Å². The third kappa shape index (κ3) is 2.16. The van der Waals surface area contributed by atoms with Crippen molar-refractivity contribution in [2.45, 2.75) is 19.1 Å². The van der Waals surface area contributed by atoms with Crippen LogP contribution in [0, 0.1) is 0 Å². The molecule has 0 aromatic carbocycles. The van der Waals surface area contributed by atoms with E-state index in [4.69, 9.17) is 18.9 Å². The molecular weight excluding hydrogens is 196 g/mol. The van der Waals surface area contributed by atoms with Gasteiger partial charge in [0.2, 0.25) is 0 Å². The quantitative estimate of drug-likeness (QED) is 0.710. The Labute approximate surface area is 90.5 Å². The molecule has 15 heavy (non-hydrogen) atoms. The Hall–Kier alpha value is -1.00. The summed E-state index contributed by atoms with van der Waals surface area (Å²) in [6.45, 7) is 1.95. The summed E-state index contributed by atoms with van der Waals surface area (Å²) in [5.41, 5.74) is 0.995. The number of methoxy groups -OCH3 is 4. The highest BCUT2D eigenvalue weighted by Crippen LogP contribution is 2.29. The van der Waals surface area contributed by atoms with Crippen LogP contribution in [0.15, 0.2) is 23.2 Å². The van der Waals surface area contributed by atoms with Crippen molar-refractivity contribution < 1.29 is 18.9 Å². The van der Waals surface area contributed by atoms with E-state index < -0.39 is 0 Å². The van der Waals surface area contributed by atoms with Gasteiger partial charge in [-0.3, -0.25) is 0 Å². The smallest absolute Gasteiger partial charge is 0.148 e. The second-order valence-electron chi connectivity index (χ2n) is 3.31.